The molecule has 418 valence electrons. The summed E-state index contributed by atoms with van der Waals surface area (Å²) >= 11 is 6.37. The van der Waals surface area contributed by atoms with Crippen LogP contribution >= 0.6 is 11.6 Å². The van der Waals surface area contributed by atoms with Gasteiger partial charge in [0.2, 0.25) is 11.9 Å². The van der Waals surface area contributed by atoms with Crippen molar-refractivity contribution in [3.8, 4) is 5.75 Å². The summed E-state index contributed by atoms with van der Waals surface area (Å²) in [7, 11) is 0. The van der Waals surface area contributed by atoms with E-state index in [1.807, 2.05) is 66.9 Å². The number of halogens is 25. The van der Waals surface area contributed by atoms with Gasteiger partial charge in [-0.25, -0.2) is 4.84 Å². The molecule has 0 N–H and O–H groups in total. The Morgan fingerprint density at radius 3 is 0.911 bits per heavy atom. The minimum atomic E-state index is -6.13. The first kappa shape index (κ1) is 59.3. The third kappa shape index (κ3) is 12.8. The first-order valence-corrected chi connectivity index (χ1v) is 22.1. The molecule has 79 heavy (non-hydrogen) atoms. The Morgan fingerprint density at radius 1 is 0.316 bits per heavy atom. The van der Waals surface area contributed by atoms with Crippen LogP contribution in [0.4, 0.5) is 105 Å². The summed E-state index contributed by atoms with van der Waals surface area (Å²) in [4.78, 5) is 6.12. The van der Waals surface area contributed by atoms with Gasteiger partial charge in [0.1, 0.15) is 6.15 Å². The molecular weight excluding hydrogens is 1140 g/mol. The average Bonchev–Trinajstić information content (AvgIpc) is 3.46. The molecule has 2 nitrogen and oxygen atoms in total. The van der Waals surface area contributed by atoms with Crippen LogP contribution in [0.15, 0.2) is 152 Å². The van der Waals surface area contributed by atoms with Crippen LogP contribution in [0.5, 0.6) is 5.75 Å². The molecule has 0 radical (unpaired) electrons. The van der Waals surface area contributed by atoms with E-state index >= 15 is 0 Å². The Labute approximate surface area is 431 Å². The van der Waals surface area contributed by atoms with Crippen LogP contribution in [0, 0.1) is 0 Å². The molecule has 8 rings (SSSR count). The molecule has 0 aliphatic carbocycles. The van der Waals surface area contributed by atoms with Gasteiger partial charge in [-0.15, -0.1) is 0 Å². The maximum absolute atomic E-state index is 14.2. The quantitative estimate of drug-likeness (QED) is 0.0919. The zero-order valence-corrected chi connectivity index (χ0v) is 39.1. The summed E-state index contributed by atoms with van der Waals surface area (Å²) in [6.07, 6.45) is -52.9. The Balaban J connectivity index is 0.000000336. The first-order chi connectivity index (χ1) is 36.1. The number of aromatic nitrogens is 1. The Hall–Kier alpha value is -7.32. The van der Waals surface area contributed by atoms with Crippen molar-refractivity contribution in [2.45, 2.75) is 49.4 Å². The van der Waals surface area contributed by atoms with Crippen LogP contribution < -0.4 is 31.4 Å². The summed E-state index contributed by atoms with van der Waals surface area (Å²) in [6.45, 7) is 0. The van der Waals surface area contributed by atoms with E-state index in [2.05, 4.69) is 12.1 Å². The molecule has 0 bridgehead atoms. The molecule has 0 fully saturated rings. The molecule has 0 saturated carbocycles. The van der Waals surface area contributed by atoms with Gasteiger partial charge in [0.05, 0.1) is 54.9 Å². The number of hydrogen-bond donors (Lipinski definition) is 0. The van der Waals surface area contributed by atoms with Crippen molar-refractivity contribution < 1.29 is 115 Å². The zero-order chi connectivity index (χ0) is 58.9. The maximum Gasteiger partial charge on any atom is 0.416 e. The van der Waals surface area contributed by atoms with Crippen LogP contribution in [0.25, 0.3) is 21.7 Å². The highest BCUT2D eigenvalue weighted by Crippen LogP contribution is 2.42. The summed E-state index contributed by atoms with van der Waals surface area (Å²) in [5.74, 6) is 0.668. The number of benzene rings is 7. The number of hydrogen-bond acceptors (Lipinski definition) is 1. The van der Waals surface area contributed by atoms with Gasteiger partial charge in [-0.2, -0.15) is 127 Å². The molecule has 1 aromatic heterocycles. The Bertz CT molecular complexity index is 3130. The number of fused-ring (bicyclic) bond motifs is 2. The summed E-state index contributed by atoms with van der Waals surface area (Å²) in [6, 6.07) is 15.2. The van der Waals surface area contributed by atoms with Crippen LogP contribution in [0.1, 0.15) is 44.5 Å². The van der Waals surface area contributed by atoms with E-state index in [9.17, 15) is 105 Å². The largest absolute Gasteiger partial charge is 0.416 e. The number of para-hydroxylation sites is 1. The average molecular weight is 1170 g/mol. The lowest BCUT2D eigenvalue weighted by atomic mass is 9.12. The SMILES string of the molecule is Clc1ccc2ccccc2c1O[n+]1cccc2ccccc21.FC(F)(F)c1cc([B-](c2cc(C(F)(F)F)cc(C(F)(F)F)c2)(c2cc(C(F)(F)F)cc(C(F)(F)F)c2)c2cc(C(F)(F)F)cc(C(F)(F)F)c2)cc(C(F)(F)F)c1. The van der Waals surface area contributed by atoms with Crippen molar-refractivity contribution in [3.63, 3.8) is 0 Å². The van der Waals surface area contributed by atoms with Crippen LogP contribution in [-0.4, -0.2) is 6.15 Å². The normalized spacial score (nSPS) is 13.4. The Kier molecular flexibility index (Phi) is 15.3. The molecule has 28 heteroatoms. The second-order valence-electron chi connectivity index (χ2n) is 17.3. The first-order valence-electron chi connectivity index (χ1n) is 21.7. The Morgan fingerprint density at radius 2 is 0.595 bits per heavy atom. The molecule has 0 atom stereocenters. The fourth-order valence-corrected chi connectivity index (χ4v) is 8.89. The highest BCUT2D eigenvalue weighted by atomic mass is 35.5. The third-order valence-electron chi connectivity index (χ3n) is 12.1. The van der Waals surface area contributed by atoms with Crippen molar-refractivity contribution in [2.24, 2.45) is 0 Å². The third-order valence-corrected chi connectivity index (χ3v) is 12.4. The second-order valence-corrected chi connectivity index (χ2v) is 17.7. The van der Waals surface area contributed by atoms with Gasteiger partial charge >= 0.3 is 49.4 Å². The molecule has 0 aliphatic rings. The fourth-order valence-electron chi connectivity index (χ4n) is 8.69. The van der Waals surface area contributed by atoms with E-state index in [0.29, 0.717) is 10.8 Å². The summed E-state index contributed by atoms with van der Waals surface area (Å²) < 4.78 is 343. The van der Waals surface area contributed by atoms with Crippen LogP contribution in [-0.2, 0) is 49.4 Å². The van der Waals surface area contributed by atoms with E-state index in [1.54, 1.807) is 4.73 Å². The molecule has 0 amide bonds. The van der Waals surface area contributed by atoms with Crippen LogP contribution in [0.3, 0.4) is 0 Å². The van der Waals surface area contributed by atoms with Gasteiger partial charge in [0, 0.05) is 22.2 Å². The molecular formula is C51H25BClF24NO. The van der Waals surface area contributed by atoms with Crippen molar-refractivity contribution in [3.05, 3.63) is 201 Å². The molecule has 8 aromatic rings. The highest BCUT2D eigenvalue weighted by molar-refractivity contribution is 7.20. The molecule has 0 spiro atoms. The van der Waals surface area contributed by atoms with Crippen molar-refractivity contribution >= 4 is 61.3 Å². The zero-order valence-electron chi connectivity index (χ0n) is 38.3. The van der Waals surface area contributed by atoms with E-state index in [-0.39, 0.29) is 0 Å². The fraction of sp³-hybridized carbons (Fsp3) is 0.157. The standard InChI is InChI=1S/C32H12BF24.C19H13ClNO/c34-25(35,36)13-1-14(26(37,38)39)6-21(5-13)33(22-7-15(27(40,41)42)2-16(8-22)28(43,44)45,23-9-17(29(46,47)48)3-18(10-23)30(49,50)51)24-11-19(31(52,53)54)4-20(12-24)32(55,56)57;20-17-12-11-14-6-1-3-9-16(14)19(17)22-21-13-5-8-15-7-2-4-10-18(15)21/h1-12H;1-13H/q-1;+1. The molecule has 0 unspecified atom stereocenters. The van der Waals surface area contributed by atoms with Crippen LogP contribution in [0.2, 0.25) is 5.02 Å². The van der Waals surface area contributed by atoms with E-state index in [0.717, 1.165) is 21.7 Å². The van der Waals surface area contributed by atoms with Gasteiger partial charge < -0.3 is 0 Å². The summed E-state index contributed by atoms with van der Waals surface area (Å²) in [5, 5.41) is 3.80. The summed E-state index contributed by atoms with van der Waals surface area (Å²) in [5.41, 5.74) is -29.2. The lowest BCUT2D eigenvalue weighted by Gasteiger charge is -2.46. The van der Waals surface area contributed by atoms with Crippen molar-refractivity contribution in [2.75, 3.05) is 0 Å². The maximum atomic E-state index is 14.2. The predicted molar refractivity (Wildman–Crippen MR) is 239 cm³/mol. The van der Waals surface area contributed by atoms with Gasteiger partial charge in [0.25, 0.3) is 5.52 Å². The van der Waals surface area contributed by atoms with Gasteiger partial charge in [-0.05, 0) is 47.9 Å². The number of nitrogens with zero attached hydrogens (tertiary/aromatic N) is 1. The molecule has 7 aromatic carbocycles. The van der Waals surface area contributed by atoms with Gasteiger partial charge in [-0.3, -0.25) is 0 Å². The lowest BCUT2D eigenvalue weighted by Crippen LogP contribution is -2.75. The second kappa shape index (κ2) is 20.4. The van der Waals surface area contributed by atoms with Crippen molar-refractivity contribution in [1.29, 1.82) is 0 Å². The molecule has 0 aliphatic heterocycles. The lowest BCUT2D eigenvalue weighted by molar-refractivity contribution is -0.854. The van der Waals surface area contributed by atoms with Gasteiger partial charge in [0.15, 0.2) is 0 Å². The highest BCUT2D eigenvalue weighted by Gasteiger charge is 2.47. The monoisotopic (exact) mass is 1170 g/mol. The number of rotatable bonds is 6. The predicted octanol–water partition coefficient (Wildman–Crippen LogP) is 16.0. The van der Waals surface area contributed by atoms with Crippen molar-refractivity contribution in [1.82, 2.24) is 0 Å². The topological polar surface area (TPSA) is 13.1 Å². The number of alkyl halides is 24. The van der Waals surface area contributed by atoms with E-state index in [4.69, 9.17) is 16.4 Å². The minimum Gasteiger partial charge on any atom is -0.229 e. The molecule has 1 heterocycles. The van der Waals surface area contributed by atoms with E-state index in [1.165, 1.54) is 0 Å². The minimum absolute atomic E-state index is 0.596. The number of pyridine rings is 1. The van der Waals surface area contributed by atoms with E-state index < -0.39 is 195 Å². The van der Waals surface area contributed by atoms with Gasteiger partial charge in [-0.1, -0.05) is 103 Å². The smallest absolute Gasteiger partial charge is 0.229 e. The molecule has 0 saturated heterocycles.